The van der Waals surface area contributed by atoms with E-state index in [9.17, 15) is 18.4 Å². The smallest absolute Gasteiger partial charge is 0.154 e. The summed E-state index contributed by atoms with van der Waals surface area (Å²) in [5, 5.41) is 30.7. The zero-order chi connectivity index (χ0) is 64.1. The minimum absolute atomic E-state index is 0. The molecule has 0 unspecified atom stereocenters. The van der Waals surface area contributed by atoms with E-state index in [1.54, 1.807) is 36.4 Å². The Morgan fingerprint density at radius 1 is 0.235 bits per heavy atom. The van der Waals surface area contributed by atoms with Gasteiger partial charge in [-0.05, 0) is 70.8 Å². The van der Waals surface area contributed by atoms with Gasteiger partial charge in [-0.3, -0.25) is 0 Å². The fourth-order valence-electron chi connectivity index (χ4n) is 14.0. The predicted molar refractivity (Wildman–Crippen MR) is 403 cm³/mol. The number of hydrogen-bond donors (Lipinski definition) is 1. The summed E-state index contributed by atoms with van der Waals surface area (Å²) in [4.78, 5) is 3.38. The predicted octanol–water partition coefficient (Wildman–Crippen LogP) is 24.7. The highest BCUT2D eigenvalue weighted by Gasteiger charge is 2.34. The number of nitrogens with one attached hydrogen (secondary N) is 1. The van der Waals surface area contributed by atoms with E-state index in [1.165, 1.54) is 62.9 Å². The van der Waals surface area contributed by atoms with E-state index in [4.69, 9.17) is 5.26 Å². The van der Waals surface area contributed by atoms with Crippen LogP contribution in [0.1, 0.15) is 33.4 Å². The Bertz CT molecular complexity index is 5640. The Balaban J connectivity index is 0.000000181. The van der Waals surface area contributed by atoms with E-state index >= 15 is 0 Å². The molecule has 0 saturated heterocycles. The fourth-order valence-corrected chi connectivity index (χ4v) is 14.0. The molecule has 0 atom stereocenters. The lowest BCUT2D eigenvalue weighted by molar-refractivity contribution is 0.548. The molecular formula is C89H65F3N6. The van der Waals surface area contributed by atoms with Gasteiger partial charge >= 0.3 is 0 Å². The molecule has 98 heavy (non-hydrogen) atoms. The van der Waals surface area contributed by atoms with Crippen LogP contribution in [0, 0.1) is 40.1 Å². The Labute approximate surface area is 566 Å². The highest BCUT2D eigenvalue weighted by Crippen LogP contribution is 2.52. The topological polar surface area (TPSA) is 78.2 Å². The summed E-state index contributed by atoms with van der Waals surface area (Å²) in [6, 6.07) is 110. The van der Waals surface area contributed by atoms with Crippen LogP contribution >= 0.6 is 0 Å². The first-order valence-corrected chi connectivity index (χ1v) is 31.3. The Morgan fingerprint density at radius 2 is 0.459 bits per heavy atom. The highest BCUT2D eigenvalue weighted by atomic mass is 19.1. The van der Waals surface area contributed by atoms with Gasteiger partial charge in [0.2, 0.25) is 0 Å². The molecule has 1 N–H and O–H groups in total. The van der Waals surface area contributed by atoms with Gasteiger partial charge in [0.15, 0.2) is 11.6 Å². The minimum atomic E-state index is -1.19. The lowest BCUT2D eigenvalue weighted by Gasteiger charge is -2.28. The van der Waals surface area contributed by atoms with Gasteiger partial charge < -0.3 is 18.7 Å². The van der Waals surface area contributed by atoms with Gasteiger partial charge in [-0.15, -0.1) is 0 Å². The van der Waals surface area contributed by atoms with Crippen molar-refractivity contribution in [2.45, 2.75) is 22.3 Å². The second-order valence-electron chi connectivity index (χ2n) is 23.3. The van der Waals surface area contributed by atoms with Crippen LogP contribution in [-0.4, -0.2) is 18.7 Å². The molecule has 0 aliphatic heterocycles. The largest absolute Gasteiger partial charge is 0.355 e. The van der Waals surface area contributed by atoms with E-state index in [1.807, 2.05) is 0 Å². The third-order valence-electron chi connectivity index (χ3n) is 18.0. The van der Waals surface area contributed by atoms with E-state index in [2.05, 4.69) is 280 Å². The van der Waals surface area contributed by atoms with Gasteiger partial charge in [0.25, 0.3) is 0 Å². The molecule has 9 heteroatoms. The Hall–Kier alpha value is -13.0. The normalized spacial score (nSPS) is 10.9. The Morgan fingerprint density at radius 3 is 0.735 bits per heavy atom. The van der Waals surface area contributed by atoms with Crippen molar-refractivity contribution in [2.75, 3.05) is 0 Å². The third kappa shape index (κ3) is 10.5. The number of benzene rings is 14. The monoisotopic (exact) mass is 1270 g/mol. The van der Waals surface area contributed by atoms with Crippen molar-refractivity contribution in [3.8, 4) is 73.7 Å². The molecule has 0 fully saturated rings. The third-order valence-corrected chi connectivity index (χ3v) is 18.0. The number of rotatable bonds is 7. The maximum Gasteiger partial charge on any atom is 0.154 e. The lowest BCUT2D eigenvalue weighted by Crippen LogP contribution is -2.13. The van der Waals surface area contributed by atoms with Gasteiger partial charge in [0, 0.05) is 65.3 Å². The van der Waals surface area contributed by atoms with E-state index in [0.29, 0.717) is 5.56 Å². The number of H-pyrrole nitrogens is 1. The van der Waals surface area contributed by atoms with Crippen LogP contribution in [0.25, 0.3) is 149 Å². The van der Waals surface area contributed by atoms with Crippen LogP contribution in [0.4, 0.5) is 13.2 Å². The van der Waals surface area contributed by atoms with Crippen molar-refractivity contribution in [1.29, 1.82) is 10.5 Å². The summed E-state index contributed by atoms with van der Waals surface area (Å²) in [5.41, 5.74) is 14.9. The van der Waals surface area contributed by atoms with Crippen LogP contribution < -0.4 is 0 Å². The summed E-state index contributed by atoms with van der Waals surface area (Å²) in [6.45, 7) is 0. The molecule has 18 rings (SSSR count). The first-order valence-electron chi connectivity index (χ1n) is 31.3. The summed E-state index contributed by atoms with van der Waals surface area (Å²) < 4.78 is 51.0. The van der Waals surface area contributed by atoms with Crippen molar-refractivity contribution in [3.63, 3.8) is 0 Å². The molecule has 6 nitrogen and oxygen atoms in total. The summed E-state index contributed by atoms with van der Waals surface area (Å²) in [7, 11) is 0. The second-order valence-corrected chi connectivity index (χ2v) is 23.3. The molecule has 0 amide bonds. The molecule has 4 heterocycles. The van der Waals surface area contributed by atoms with Crippen molar-refractivity contribution in [2.24, 2.45) is 0 Å². The SMILES string of the molecule is C.C.C.N#Cc1c(-n2c3ccccc3c3ccccc32)c(-c2ccccc2)c(-n2c3ccccc3c3ccccc32)c(-c2ccccc2)c1-n1c2ccccc2c2ccccc21.N#Cc1c(F)c(-c2ccccc2)c(F)c(-c2ccccc2)c1F.c1ccc2c(c1)[nH]c1ccccc12. The molecule has 0 spiro atoms. The standard InChI is InChI=1S/C55H34N4.C19H10F3N.C12H9N.3CH4/c56-35-44-53(57-45-29-13-7-23-38(45)39-24-8-14-30-46(39)57)51(36-19-3-1-4-20-36)55(59-49-33-17-11-27-42(49)43-28-12-18-34-50(43)59)52(37-21-5-2-6-22-37)54(44)58-47-31-15-9-25-40(47)41-26-10-16-32-48(41)58;20-17-14(11-23)18(21)16(13-9-5-2-6-10-13)19(22)15(17)12-7-3-1-4-8-12;1-3-7-11-9(5-1)10-6-2-4-8-12(10)13-11;;;/h1-34H;1-10H;1-8,13H;3*1H4. The first kappa shape index (κ1) is 63.8. The van der Waals surface area contributed by atoms with E-state index in [-0.39, 0.29) is 33.4 Å². The molecule has 4 aromatic heterocycles. The molecule has 0 aliphatic carbocycles. The molecule has 472 valence electrons. The molecule has 14 aromatic carbocycles. The number of nitrogens with zero attached hydrogens (tertiary/aromatic N) is 5. The number of nitriles is 2. The molecule has 0 bridgehead atoms. The number of aromatic nitrogens is 4. The zero-order valence-corrected chi connectivity index (χ0v) is 50.9. The zero-order valence-electron chi connectivity index (χ0n) is 50.9. The first-order chi connectivity index (χ1) is 46.9. The Kier molecular flexibility index (Phi) is 17.5. The van der Waals surface area contributed by atoms with Crippen LogP contribution in [-0.2, 0) is 0 Å². The number of halogens is 3. The molecule has 0 aliphatic rings. The summed E-state index contributed by atoms with van der Waals surface area (Å²) in [5.74, 6) is -3.39. The number of para-hydroxylation sites is 8. The molecule has 18 aromatic rings. The number of fused-ring (bicyclic) bond motifs is 12. The minimum Gasteiger partial charge on any atom is -0.355 e. The van der Waals surface area contributed by atoms with Crippen molar-refractivity contribution < 1.29 is 13.2 Å². The van der Waals surface area contributed by atoms with Gasteiger partial charge in [-0.2, -0.15) is 10.5 Å². The van der Waals surface area contributed by atoms with Gasteiger partial charge in [-0.25, -0.2) is 13.2 Å². The maximum atomic E-state index is 14.9. The fraction of sp³-hybridized carbons (Fsp3) is 0.0337. The van der Waals surface area contributed by atoms with Crippen molar-refractivity contribution in [1.82, 2.24) is 18.7 Å². The van der Waals surface area contributed by atoms with E-state index < -0.39 is 34.1 Å². The molecular weight excluding hydrogens is 1210 g/mol. The summed E-state index contributed by atoms with van der Waals surface area (Å²) in [6.07, 6.45) is 0. The molecule has 0 saturated carbocycles. The lowest BCUT2D eigenvalue weighted by atomic mass is 9.88. The maximum absolute atomic E-state index is 14.9. The number of hydrogen-bond acceptors (Lipinski definition) is 2. The van der Waals surface area contributed by atoms with Crippen LogP contribution in [0.3, 0.4) is 0 Å². The average molecular weight is 1280 g/mol. The van der Waals surface area contributed by atoms with Gasteiger partial charge in [0.05, 0.1) is 61.3 Å². The van der Waals surface area contributed by atoms with Crippen LogP contribution in [0.2, 0.25) is 0 Å². The van der Waals surface area contributed by atoms with Gasteiger partial charge in [-0.1, -0.05) is 289 Å². The quantitative estimate of drug-likeness (QED) is 0.173. The van der Waals surface area contributed by atoms with Crippen LogP contribution in [0.15, 0.2) is 315 Å². The van der Waals surface area contributed by atoms with Crippen molar-refractivity contribution >= 4 is 87.2 Å². The van der Waals surface area contributed by atoms with Crippen molar-refractivity contribution in [3.05, 3.63) is 344 Å². The second kappa shape index (κ2) is 26.8. The van der Waals surface area contributed by atoms with Gasteiger partial charge in [0.1, 0.15) is 29.1 Å². The average Bonchev–Trinajstić information content (AvgIpc) is 1.43. The number of aromatic amines is 1. The molecule has 0 radical (unpaired) electrons. The van der Waals surface area contributed by atoms with E-state index in [0.717, 1.165) is 94.0 Å². The highest BCUT2D eigenvalue weighted by molar-refractivity contribution is 6.16. The summed E-state index contributed by atoms with van der Waals surface area (Å²) >= 11 is 0. The van der Waals surface area contributed by atoms with Crippen LogP contribution in [0.5, 0.6) is 0 Å².